The van der Waals surface area contributed by atoms with E-state index in [1.165, 1.54) is 29.9 Å². The summed E-state index contributed by atoms with van der Waals surface area (Å²) in [6.07, 6.45) is -3.00. The molecular weight excluding hydrogens is 401 g/mol. The van der Waals surface area contributed by atoms with Gasteiger partial charge in [0.2, 0.25) is 0 Å². The van der Waals surface area contributed by atoms with Crippen LogP contribution < -0.4 is 15.6 Å². The lowest BCUT2D eigenvalue weighted by Crippen LogP contribution is -2.23. The standard InChI is InChI=1S/C21H19F3N2O4/c1-29-12-11-26-10-9-14-15(20(26)28)5-4-8-18(14)30-13-19(27)25-17-7-3-2-6-16(17)21(22,23)24/h2-10H,11-13H2,1H3,(H,25,27). The molecule has 0 saturated heterocycles. The largest absolute Gasteiger partial charge is 0.483 e. The number of alkyl halides is 3. The molecule has 0 atom stereocenters. The van der Waals surface area contributed by atoms with Crippen molar-refractivity contribution in [3.05, 3.63) is 70.6 Å². The minimum atomic E-state index is -4.59. The summed E-state index contributed by atoms with van der Waals surface area (Å²) in [6, 6.07) is 11.2. The van der Waals surface area contributed by atoms with E-state index in [1.54, 1.807) is 30.5 Å². The maximum atomic E-state index is 13.1. The fourth-order valence-electron chi connectivity index (χ4n) is 2.95. The Morgan fingerprint density at radius 3 is 2.57 bits per heavy atom. The number of aromatic nitrogens is 1. The van der Waals surface area contributed by atoms with E-state index < -0.39 is 24.3 Å². The molecule has 3 rings (SSSR count). The number of nitrogens with one attached hydrogen (secondary N) is 1. The van der Waals surface area contributed by atoms with E-state index in [0.29, 0.717) is 23.9 Å². The van der Waals surface area contributed by atoms with Gasteiger partial charge >= 0.3 is 6.18 Å². The summed E-state index contributed by atoms with van der Waals surface area (Å²) in [6.45, 7) is 0.247. The smallest absolute Gasteiger partial charge is 0.418 e. The van der Waals surface area contributed by atoms with E-state index in [9.17, 15) is 22.8 Å². The molecule has 1 heterocycles. The molecule has 0 spiro atoms. The maximum Gasteiger partial charge on any atom is 0.418 e. The summed E-state index contributed by atoms with van der Waals surface area (Å²) in [5.41, 5.74) is -1.53. The monoisotopic (exact) mass is 420 g/mol. The highest BCUT2D eigenvalue weighted by atomic mass is 19.4. The number of halogens is 3. The zero-order chi connectivity index (χ0) is 21.7. The second kappa shape index (κ2) is 9.00. The Balaban J connectivity index is 1.76. The number of rotatable bonds is 7. The summed E-state index contributed by atoms with van der Waals surface area (Å²) in [5.74, 6) is -0.472. The van der Waals surface area contributed by atoms with Crippen molar-refractivity contribution in [2.75, 3.05) is 25.6 Å². The molecule has 3 aromatic rings. The SMILES string of the molecule is COCCn1ccc2c(OCC(=O)Nc3ccccc3C(F)(F)F)cccc2c1=O. The molecule has 9 heteroatoms. The van der Waals surface area contributed by atoms with Crippen LogP contribution in [0.2, 0.25) is 0 Å². The van der Waals surface area contributed by atoms with Crippen LogP contribution in [-0.2, 0) is 22.3 Å². The van der Waals surface area contributed by atoms with Crippen LogP contribution in [0.3, 0.4) is 0 Å². The highest BCUT2D eigenvalue weighted by molar-refractivity contribution is 5.93. The van der Waals surface area contributed by atoms with Crippen molar-refractivity contribution in [1.29, 1.82) is 0 Å². The van der Waals surface area contributed by atoms with Gasteiger partial charge in [-0.2, -0.15) is 13.2 Å². The van der Waals surface area contributed by atoms with Gasteiger partial charge in [0.1, 0.15) is 5.75 Å². The molecule has 2 aromatic carbocycles. The molecule has 158 valence electrons. The van der Waals surface area contributed by atoms with Gasteiger partial charge in [-0.15, -0.1) is 0 Å². The Bertz CT molecular complexity index is 1110. The number of carbonyl (C=O) groups excluding carboxylic acids is 1. The first-order valence-corrected chi connectivity index (χ1v) is 9.01. The van der Waals surface area contributed by atoms with Crippen LogP contribution in [0.4, 0.5) is 18.9 Å². The summed E-state index contributed by atoms with van der Waals surface area (Å²) in [5, 5.41) is 3.11. The zero-order valence-corrected chi connectivity index (χ0v) is 16.0. The molecule has 1 N–H and O–H groups in total. The van der Waals surface area contributed by atoms with Crippen molar-refractivity contribution < 1.29 is 27.4 Å². The number of ether oxygens (including phenoxy) is 2. The van der Waals surface area contributed by atoms with E-state index in [-0.39, 0.29) is 17.0 Å². The lowest BCUT2D eigenvalue weighted by Gasteiger charge is -2.14. The number of amides is 1. The molecule has 1 amide bonds. The van der Waals surface area contributed by atoms with Gasteiger partial charge in [-0.05, 0) is 30.3 Å². The Labute approximate surface area is 169 Å². The zero-order valence-electron chi connectivity index (χ0n) is 16.0. The highest BCUT2D eigenvalue weighted by Gasteiger charge is 2.33. The van der Waals surface area contributed by atoms with Gasteiger partial charge in [-0.25, -0.2) is 0 Å². The van der Waals surface area contributed by atoms with Gasteiger partial charge in [-0.3, -0.25) is 9.59 Å². The topological polar surface area (TPSA) is 69.6 Å². The summed E-state index contributed by atoms with van der Waals surface area (Å²) in [7, 11) is 1.54. The van der Waals surface area contributed by atoms with Gasteiger partial charge in [0.15, 0.2) is 6.61 Å². The van der Waals surface area contributed by atoms with Crippen molar-refractivity contribution in [3.8, 4) is 5.75 Å². The molecule has 0 fully saturated rings. The van der Waals surface area contributed by atoms with E-state index in [4.69, 9.17) is 9.47 Å². The highest BCUT2D eigenvalue weighted by Crippen LogP contribution is 2.34. The van der Waals surface area contributed by atoms with Gasteiger partial charge in [-0.1, -0.05) is 18.2 Å². The molecule has 0 aliphatic heterocycles. The van der Waals surface area contributed by atoms with E-state index in [1.807, 2.05) is 0 Å². The normalized spacial score (nSPS) is 11.5. The molecule has 30 heavy (non-hydrogen) atoms. The fourth-order valence-corrected chi connectivity index (χ4v) is 2.95. The Morgan fingerprint density at radius 2 is 1.83 bits per heavy atom. The number of pyridine rings is 1. The van der Waals surface area contributed by atoms with Crippen LogP contribution in [0.5, 0.6) is 5.75 Å². The molecule has 6 nitrogen and oxygen atoms in total. The van der Waals surface area contributed by atoms with Gasteiger partial charge in [0.05, 0.1) is 23.2 Å². The predicted molar refractivity (Wildman–Crippen MR) is 106 cm³/mol. The molecule has 0 aliphatic carbocycles. The van der Waals surface area contributed by atoms with Crippen molar-refractivity contribution >= 4 is 22.4 Å². The lowest BCUT2D eigenvalue weighted by molar-refractivity contribution is -0.137. The molecule has 0 bridgehead atoms. The second-order valence-electron chi connectivity index (χ2n) is 6.40. The van der Waals surface area contributed by atoms with Gasteiger partial charge in [0, 0.05) is 25.2 Å². The predicted octanol–water partition coefficient (Wildman–Crippen LogP) is 3.68. The summed E-state index contributed by atoms with van der Waals surface area (Å²) in [4.78, 5) is 24.7. The molecule has 1 aromatic heterocycles. The van der Waals surface area contributed by atoms with Crippen LogP contribution in [0.1, 0.15) is 5.56 Å². The molecule has 0 radical (unpaired) electrons. The third kappa shape index (κ3) is 4.80. The third-order valence-electron chi connectivity index (χ3n) is 4.38. The minimum absolute atomic E-state index is 0.237. The third-order valence-corrected chi connectivity index (χ3v) is 4.38. The first-order chi connectivity index (χ1) is 14.3. The van der Waals surface area contributed by atoms with Gasteiger partial charge < -0.3 is 19.4 Å². The van der Waals surface area contributed by atoms with E-state index in [2.05, 4.69) is 5.32 Å². The number of anilines is 1. The number of nitrogens with zero attached hydrogens (tertiary/aromatic N) is 1. The second-order valence-corrected chi connectivity index (χ2v) is 6.40. The fraction of sp³-hybridized carbons (Fsp3) is 0.238. The number of fused-ring (bicyclic) bond motifs is 1. The Hall–Kier alpha value is -3.33. The lowest BCUT2D eigenvalue weighted by atomic mass is 10.1. The number of para-hydroxylation sites is 1. The number of hydrogen-bond donors (Lipinski definition) is 1. The number of benzene rings is 2. The van der Waals surface area contributed by atoms with Crippen LogP contribution in [-0.4, -0.2) is 30.8 Å². The molecule has 0 aliphatic rings. The van der Waals surface area contributed by atoms with Gasteiger partial charge in [0.25, 0.3) is 11.5 Å². The summed E-state index contributed by atoms with van der Waals surface area (Å²) < 4.78 is 51.1. The van der Waals surface area contributed by atoms with Crippen molar-refractivity contribution in [2.45, 2.75) is 12.7 Å². The quantitative estimate of drug-likeness (QED) is 0.633. The first kappa shape index (κ1) is 21.4. The average molecular weight is 420 g/mol. The number of methoxy groups -OCH3 is 1. The molecule has 0 unspecified atom stereocenters. The first-order valence-electron chi connectivity index (χ1n) is 9.01. The van der Waals surface area contributed by atoms with Crippen LogP contribution in [0.25, 0.3) is 10.8 Å². The van der Waals surface area contributed by atoms with E-state index >= 15 is 0 Å². The Morgan fingerprint density at radius 1 is 1.07 bits per heavy atom. The van der Waals surface area contributed by atoms with Crippen molar-refractivity contribution in [3.63, 3.8) is 0 Å². The summed E-state index contributed by atoms with van der Waals surface area (Å²) >= 11 is 0. The van der Waals surface area contributed by atoms with Crippen LogP contribution in [0.15, 0.2) is 59.5 Å². The molecular formula is C21H19F3N2O4. The molecule has 0 saturated carbocycles. The maximum absolute atomic E-state index is 13.1. The Kier molecular flexibility index (Phi) is 6.41. The number of hydrogen-bond acceptors (Lipinski definition) is 4. The van der Waals surface area contributed by atoms with Crippen LogP contribution >= 0.6 is 0 Å². The minimum Gasteiger partial charge on any atom is -0.483 e. The average Bonchev–Trinajstić information content (AvgIpc) is 2.71. The van der Waals surface area contributed by atoms with Crippen molar-refractivity contribution in [1.82, 2.24) is 4.57 Å². The van der Waals surface area contributed by atoms with Crippen LogP contribution in [0, 0.1) is 0 Å². The van der Waals surface area contributed by atoms with E-state index in [0.717, 1.165) is 6.07 Å². The van der Waals surface area contributed by atoms with Crippen molar-refractivity contribution in [2.24, 2.45) is 0 Å². The number of carbonyl (C=O) groups is 1.